The molecule has 1 aliphatic heterocycles. The molecule has 0 radical (unpaired) electrons. The maximum absolute atomic E-state index is 15.0. The number of cyclic esters (lactones) is 1. The summed E-state index contributed by atoms with van der Waals surface area (Å²) in [4.78, 5) is 44.3. The number of primary amides is 1. The maximum atomic E-state index is 15.0. The summed E-state index contributed by atoms with van der Waals surface area (Å²) in [6.07, 6.45) is 1.58. The molecule has 3 N–H and O–H groups in total. The van der Waals surface area contributed by atoms with Gasteiger partial charge in [0.15, 0.2) is 6.10 Å². The third-order valence-corrected chi connectivity index (χ3v) is 5.58. The first-order valence-electron chi connectivity index (χ1n) is 11.2. The highest BCUT2D eigenvalue weighted by Gasteiger charge is 2.32. The van der Waals surface area contributed by atoms with Crippen molar-refractivity contribution in [1.82, 2.24) is 10.3 Å². The van der Waals surface area contributed by atoms with Gasteiger partial charge in [-0.2, -0.15) is 0 Å². The monoisotopic (exact) mass is 489 g/mol. The van der Waals surface area contributed by atoms with E-state index in [9.17, 15) is 14.4 Å². The summed E-state index contributed by atoms with van der Waals surface area (Å²) in [5.74, 6) is -1.48. The molecule has 0 bridgehead atoms. The van der Waals surface area contributed by atoms with Gasteiger partial charge >= 0.3 is 6.09 Å². The van der Waals surface area contributed by atoms with Gasteiger partial charge in [0.2, 0.25) is 11.8 Å². The van der Waals surface area contributed by atoms with Gasteiger partial charge in [0.25, 0.3) is 0 Å². The van der Waals surface area contributed by atoms with Gasteiger partial charge in [0.1, 0.15) is 11.9 Å². The Morgan fingerprint density at radius 3 is 2.67 bits per heavy atom. The van der Waals surface area contributed by atoms with Gasteiger partial charge in [-0.05, 0) is 41.5 Å². The van der Waals surface area contributed by atoms with E-state index in [4.69, 9.17) is 10.5 Å². The van der Waals surface area contributed by atoms with Gasteiger partial charge in [0, 0.05) is 25.2 Å². The molecule has 1 fully saturated rings. The number of nitrogens with one attached hydrogen (secondary N) is 1. The number of benzene rings is 2. The highest BCUT2D eigenvalue weighted by Crippen LogP contribution is 2.30. The van der Waals surface area contributed by atoms with Gasteiger partial charge in [-0.15, -0.1) is 0 Å². The number of nitrogens with two attached hydrogens (primary N) is 1. The third-order valence-electron chi connectivity index (χ3n) is 5.58. The Kier molecular flexibility index (Phi) is 7.45. The minimum Gasteiger partial charge on any atom is -0.438 e. The van der Waals surface area contributed by atoms with Crippen molar-refractivity contribution < 1.29 is 23.5 Å². The molecule has 2 heterocycles. The summed E-state index contributed by atoms with van der Waals surface area (Å²) in [6.45, 7) is 1.76. The number of pyridine rings is 1. The molecule has 1 aliphatic rings. The first-order chi connectivity index (χ1) is 17.3. The van der Waals surface area contributed by atoms with Crippen LogP contribution in [0.4, 0.5) is 14.9 Å². The van der Waals surface area contributed by atoms with Crippen molar-refractivity contribution in [2.75, 3.05) is 11.4 Å². The topological polar surface area (TPSA) is 127 Å². The van der Waals surface area contributed by atoms with E-state index in [0.29, 0.717) is 28.9 Å². The smallest absolute Gasteiger partial charge is 0.415 e. The lowest BCUT2D eigenvalue weighted by Crippen LogP contribution is -2.33. The molecule has 0 spiro atoms. The van der Waals surface area contributed by atoms with Crippen molar-refractivity contribution in [1.29, 1.82) is 0 Å². The van der Waals surface area contributed by atoms with Crippen LogP contribution in [0.25, 0.3) is 11.1 Å². The minimum absolute atomic E-state index is 0.114. The zero-order valence-electron chi connectivity index (χ0n) is 19.4. The van der Waals surface area contributed by atoms with E-state index in [1.54, 1.807) is 48.7 Å². The maximum Gasteiger partial charge on any atom is 0.415 e. The van der Waals surface area contributed by atoms with Crippen molar-refractivity contribution in [2.45, 2.75) is 25.6 Å². The van der Waals surface area contributed by atoms with E-state index in [0.717, 1.165) is 5.69 Å². The molecule has 184 valence electrons. The first-order valence-corrected chi connectivity index (χ1v) is 11.2. The Balaban J connectivity index is 1.47. The fourth-order valence-corrected chi connectivity index (χ4v) is 3.81. The van der Waals surface area contributed by atoms with Crippen molar-refractivity contribution in [2.24, 2.45) is 10.7 Å². The normalized spacial score (nSPS) is 16.2. The summed E-state index contributed by atoms with van der Waals surface area (Å²) in [7, 11) is 0. The van der Waals surface area contributed by atoms with Crippen LogP contribution in [0.1, 0.15) is 24.2 Å². The van der Waals surface area contributed by atoms with Crippen LogP contribution >= 0.6 is 0 Å². The number of carbonyl (C=O) groups is 3. The Hall–Kier alpha value is -4.44. The number of ether oxygens (including phenoxy) is 1. The van der Waals surface area contributed by atoms with Gasteiger partial charge in [-0.1, -0.05) is 30.3 Å². The largest absolute Gasteiger partial charge is 0.438 e. The van der Waals surface area contributed by atoms with Crippen LogP contribution in [0.15, 0.2) is 71.9 Å². The average molecular weight is 490 g/mol. The van der Waals surface area contributed by atoms with Crippen molar-refractivity contribution in [3.8, 4) is 11.1 Å². The van der Waals surface area contributed by atoms with E-state index in [-0.39, 0.29) is 6.54 Å². The van der Waals surface area contributed by atoms with Crippen molar-refractivity contribution >= 4 is 29.8 Å². The number of nitrogens with zero attached hydrogens (tertiary/aromatic N) is 3. The lowest BCUT2D eigenvalue weighted by Gasteiger charge is -2.17. The molecule has 0 unspecified atom stereocenters. The fourth-order valence-electron chi connectivity index (χ4n) is 3.81. The Labute approximate surface area is 206 Å². The molecule has 36 heavy (non-hydrogen) atoms. The Morgan fingerprint density at radius 2 is 2.03 bits per heavy atom. The van der Waals surface area contributed by atoms with E-state index in [1.165, 1.54) is 24.1 Å². The zero-order chi connectivity index (χ0) is 25.7. The number of hydrogen-bond acceptors (Lipinski definition) is 6. The van der Waals surface area contributed by atoms with E-state index >= 15 is 4.39 Å². The number of rotatable bonds is 8. The number of halogens is 1. The van der Waals surface area contributed by atoms with E-state index < -0.39 is 35.9 Å². The number of amides is 3. The molecule has 3 amide bonds. The summed E-state index contributed by atoms with van der Waals surface area (Å²) in [6, 6.07) is 16.0. The molecule has 4 rings (SSSR count). The third kappa shape index (κ3) is 5.78. The average Bonchev–Trinajstić information content (AvgIpc) is 3.24. The second-order valence-corrected chi connectivity index (χ2v) is 8.15. The molecule has 0 aliphatic carbocycles. The Bertz CT molecular complexity index is 1300. The predicted molar refractivity (Wildman–Crippen MR) is 132 cm³/mol. The van der Waals surface area contributed by atoms with E-state index in [1.807, 2.05) is 12.1 Å². The number of hydrogen-bond donors (Lipinski definition) is 2. The van der Waals surface area contributed by atoms with Crippen LogP contribution in [0.3, 0.4) is 0 Å². The first kappa shape index (κ1) is 24.7. The van der Waals surface area contributed by atoms with Gasteiger partial charge < -0.3 is 10.5 Å². The van der Waals surface area contributed by atoms with Crippen LogP contribution in [0, 0.1) is 5.82 Å². The molecular weight excluding hydrogens is 465 g/mol. The molecule has 2 atom stereocenters. The molecule has 0 saturated carbocycles. The van der Waals surface area contributed by atoms with Crippen molar-refractivity contribution in [3.63, 3.8) is 0 Å². The number of anilines is 1. The Morgan fingerprint density at radius 1 is 1.25 bits per heavy atom. The van der Waals surface area contributed by atoms with Gasteiger partial charge in [-0.25, -0.2) is 14.2 Å². The quantitative estimate of drug-likeness (QED) is 0.468. The van der Waals surface area contributed by atoms with Crippen LogP contribution in [0.2, 0.25) is 0 Å². The molecule has 1 aromatic heterocycles. The summed E-state index contributed by atoms with van der Waals surface area (Å²) in [5.41, 5.74) is 8.23. The van der Waals surface area contributed by atoms with Gasteiger partial charge in [-0.3, -0.25) is 24.8 Å². The van der Waals surface area contributed by atoms with E-state index in [2.05, 4.69) is 15.3 Å². The molecular formula is C26H24FN5O4. The number of carbonyl (C=O) groups excluding carboxylic acids is 3. The molecule has 1 saturated heterocycles. The summed E-state index contributed by atoms with van der Waals surface area (Å²) < 4.78 is 20.2. The second-order valence-electron chi connectivity index (χ2n) is 8.15. The summed E-state index contributed by atoms with van der Waals surface area (Å²) in [5, 5.41) is 3.10. The highest BCUT2D eigenvalue weighted by atomic mass is 19.1. The van der Waals surface area contributed by atoms with Crippen LogP contribution < -0.4 is 16.0 Å². The molecule has 10 heteroatoms. The lowest BCUT2D eigenvalue weighted by atomic mass is 9.99. The minimum atomic E-state index is -0.742. The highest BCUT2D eigenvalue weighted by molar-refractivity contribution is 5.94. The molecule has 2 aromatic carbocycles. The van der Waals surface area contributed by atoms with Crippen LogP contribution in [-0.2, 0) is 20.9 Å². The molecule has 9 nitrogen and oxygen atoms in total. The van der Waals surface area contributed by atoms with Crippen molar-refractivity contribution in [3.05, 3.63) is 83.9 Å². The standard InChI is InChI=1S/C26H24FN5O4/c1-16(33)30-14-21-15-32(26(35)36-21)20-9-10-22(23(27)12-20)17-5-7-18(8-6-17)24(25(28)34)31-13-19-4-2-3-11-29-19/h2-12,14,21,24,31H,13,15H2,1H3,(H2,28,34)/t21-,24+/m0/s1. The number of aromatic nitrogens is 1. The fraction of sp³-hybridized carbons (Fsp3) is 0.192. The summed E-state index contributed by atoms with van der Waals surface area (Å²) >= 11 is 0. The van der Waals surface area contributed by atoms with Crippen LogP contribution in [0.5, 0.6) is 0 Å². The predicted octanol–water partition coefficient (Wildman–Crippen LogP) is 3.15. The van der Waals surface area contributed by atoms with Crippen LogP contribution in [-0.4, -0.2) is 41.8 Å². The zero-order valence-corrected chi connectivity index (χ0v) is 19.4. The molecule has 3 aromatic rings. The lowest BCUT2D eigenvalue weighted by molar-refractivity contribution is -0.120. The SMILES string of the molecule is CC(=O)N=C[C@H]1CN(c2ccc(-c3ccc([C@@H](NCc4ccccn4)C(N)=O)cc3)c(F)c2)C(=O)O1. The van der Waals surface area contributed by atoms with Gasteiger partial charge in [0.05, 0.1) is 24.1 Å². The number of aliphatic imine (C=N–C) groups is 1. The second kappa shape index (κ2) is 10.9.